The predicted molar refractivity (Wildman–Crippen MR) is 50.9 cm³/mol. The Labute approximate surface area is 85.1 Å². The zero-order valence-electron chi connectivity index (χ0n) is 7.72. The van der Waals surface area contributed by atoms with Gasteiger partial charge in [-0.05, 0) is 36.7 Å². The van der Waals surface area contributed by atoms with Crippen molar-refractivity contribution in [2.24, 2.45) is 0 Å². The Morgan fingerprint density at radius 1 is 1.54 bits per heavy atom. The summed E-state index contributed by atoms with van der Waals surface area (Å²) >= 11 is 3.05. The number of aliphatic hydroxyl groups is 1. The lowest BCUT2D eigenvalue weighted by Crippen LogP contribution is -2.38. The minimum absolute atomic E-state index is 0.219. The van der Waals surface area contributed by atoms with Crippen LogP contribution in [-0.2, 0) is 9.53 Å². The normalized spacial score (nSPS) is 23.5. The van der Waals surface area contributed by atoms with Gasteiger partial charge in [-0.15, -0.1) is 0 Å². The third-order valence-electron chi connectivity index (χ3n) is 1.39. The van der Waals surface area contributed by atoms with E-state index in [1.807, 2.05) is 20.8 Å². The fourth-order valence-electron chi connectivity index (χ4n) is 0.951. The average Bonchev–Trinajstić information content (AvgIpc) is 2.14. The van der Waals surface area contributed by atoms with E-state index < -0.39 is 12.3 Å². The summed E-state index contributed by atoms with van der Waals surface area (Å²) < 4.78 is 4.82. The number of rotatable bonds is 1. The second-order valence-corrected chi connectivity index (χ2v) is 4.65. The molecular weight excluding hydrogens is 238 g/mol. The number of hydrogen-bond acceptors (Lipinski definition) is 4. The molecule has 0 aromatic carbocycles. The Kier molecular flexibility index (Phi) is 2.68. The first-order valence-electron chi connectivity index (χ1n) is 3.88. The molecule has 1 rings (SSSR count). The molecular formula is C8H12BrNO3. The number of hydrogen-bond donors (Lipinski definition) is 2. The maximum atomic E-state index is 11.0. The molecule has 74 valence electrons. The van der Waals surface area contributed by atoms with Gasteiger partial charge in [0.05, 0.1) is 0 Å². The maximum absolute atomic E-state index is 11.0. The molecule has 4 nitrogen and oxygen atoms in total. The molecule has 0 spiro atoms. The topological polar surface area (TPSA) is 58.6 Å². The largest absolute Gasteiger partial charge is 0.426 e. The van der Waals surface area contributed by atoms with E-state index in [9.17, 15) is 9.90 Å². The first-order valence-corrected chi connectivity index (χ1v) is 4.67. The van der Waals surface area contributed by atoms with Crippen LogP contribution in [-0.4, -0.2) is 22.9 Å². The van der Waals surface area contributed by atoms with Crippen LogP contribution < -0.4 is 5.32 Å². The minimum atomic E-state index is -1.18. The first kappa shape index (κ1) is 10.5. The fourth-order valence-corrected chi connectivity index (χ4v) is 1.34. The van der Waals surface area contributed by atoms with E-state index in [0.29, 0.717) is 5.70 Å². The summed E-state index contributed by atoms with van der Waals surface area (Å²) in [7, 11) is 0. The van der Waals surface area contributed by atoms with E-state index in [0.717, 1.165) is 0 Å². The SMILES string of the molecule is CC(C)(C)NC1=C(Br)C(=O)OC1O. The molecule has 0 radical (unpaired) electrons. The third-order valence-corrected chi connectivity index (χ3v) is 2.14. The minimum Gasteiger partial charge on any atom is -0.426 e. The Morgan fingerprint density at radius 2 is 2.08 bits per heavy atom. The Hall–Kier alpha value is -0.550. The van der Waals surface area contributed by atoms with E-state index in [4.69, 9.17) is 0 Å². The fraction of sp³-hybridized carbons (Fsp3) is 0.625. The molecule has 5 heteroatoms. The van der Waals surface area contributed by atoms with Gasteiger partial charge in [0, 0.05) is 5.54 Å². The van der Waals surface area contributed by atoms with Gasteiger partial charge < -0.3 is 15.2 Å². The van der Waals surface area contributed by atoms with Gasteiger partial charge in [0.2, 0.25) is 6.29 Å². The standard InChI is InChI=1S/C8H12BrNO3/c1-8(2,3)10-5-4(9)6(11)13-7(5)12/h7,10,12H,1-3H3. The van der Waals surface area contributed by atoms with Crippen LogP contribution in [0.4, 0.5) is 0 Å². The lowest BCUT2D eigenvalue weighted by atomic mass is 10.1. The number of carbonyl (C=O) groups excluding carboxylic acids is 1. The smallest absolute Gasteiger partial charge is 0.349 e. The molecule has 1 unspecified atom stereocenters. The Morgan fingerprint density at radius 3 is 2.38 bits per heavy atom. The van der Waals surface area contributed by atoms with Crippen LogP contribution in [0.15, 0.2) is 10.2 Å². The number of esters is 1. The summed E-state index contributed by atoms with van der Waals surface area (Å²) in [6.07, 6.45) is -1.18. The van der Waals surface area contributed by atoms with Crippen LogP contribution >= 0.6 is 15.9 Å². The molecule has 1 aliphatic rings. The molecule has 1 aliphatic heterocycles. The lowest BCUT2D eigenvalue weighted by Gasteiger charge is -2.23. The van der Waals surface area contributed by atoms with Crippen molar-refractivity contribution in [2.45, 2.75) is 32.6 Å². The highest BCUT2D eigenvalue weighted by atomic mass is 79.9. The van der Waals surface area contributed by atoms with Crippen molar-refractivity contribution in [1.82, 2.24) is 5.32 Å². The number of aliphatic hydroxyl groups excluding tert-OH is 1. The number of halogens is 1. The van der Waals surface area contributed by atoms with Crippen LogP contribution in [0.3, 0.4) is 0 Å². The van der Waals surface area contributed by atoms with Gasteiger partial charge in [0.25, 0.3) is 0 Å². The zero-order chi connectivity index (χ0) is 10.2. The molecule has 0 amide bonds. The molecule has 0 aromatic rings. The highest BCUT2D eigenvalue weighted by molar-refractivity contribution is 9.12. The van der Waals surface area contributed by atoms with E-state index in [1.165, 1.54) is 0 Å². The van der Waals surface area contributed by atoms with Crippen molar-refractivity contribution in [3.05, 3.63) is 10.2 Å². The maximum Gasteiger partial charge on any atom is 0.349 e. The monoisotopic (exact) mass is 249 g/mol. The van der Waals surface area contributed by atoms with Crippen LogP contribution in [0.5, 0.6) is 0 Å². The third kappa shape index (κ3) is 2.45. The molecule has 1 atom stereocenters. The van der Waals surface area contributed by atoms with Gasteiger partial charge in [-0.25, -0.2) is 4.79 Å². The highest BCUT2D eigenvalue weighted by Gasteiger charge is 2.33. The lowest BCUT2D eigenvalue weighted by molar-refractivity contribution is -0.151. The molecule has 0 bridgehead atoms. The van der Waals surface area contributed by atoms with Crippen LogP contribution in [0, 0.1) is 0 Å². The molecule has 2 N–H and O–H groups in total. The van der Waals surface area contributed by atoms with Gasteiger partial charge in [-0.3, -0.25) is 0 Å². The summed E-state index contributed by atoms with van der Waals surface area (Å²) in [5.41, 5.74) is 0.168. The summed E-state index contributed by atoms with van der Waals surface area (Å²) in [6.45, 7) is 5.78. The second kappa shape index (κ2) is 3.31. The molecule has 1 heterocycles. The van der Waals surface area contributed by atoms with Gasteiger partial charge in [0.15, 0.2) is 0 Å². The van der Waals surface area contributed by atoms with Crippen molar-refractivity contribution in [3.63, 3.8) is 0 Å². The number of cyclic esters (lactones) is 1. The van der Waals surface area contributed by atoms with Gasteiger partial charge in [0.1, 0.15) is 10.2 Å². The number of carbonyl (C=O) groups is 1. The zero-order valence-corrected chi connectivity index (χ0v) is 9.31. The van der Waals surface area contributed by atoms with Crippen LogP contribution in [0.1, 0.15) is 20.8 Å². The van der Waals surface area contributed by atoms with E-state index in [-0.39, 0.29) is 10.0 Å². The molecule has 0 aromatic heterocycles. The van der Waals surface area contributed by atoms with Crippen LogP contribution in [0.25, 0.3) is 0 Å². The van der Waals surface area contributed by atoms with Crippen LogP contribution in [0.2, 0.25) is 0 Å². The molecule has 0 aliphatic carbocycles. The summed E-state index contributed by atoms with van der Waals surface area (Å²) in [5, 5.41) is 12.3. The van der Waals surface area contributed by atoms with Crippen molar-refractivity contribution in [1.29, 1.82) is 0 Å². The average molecular weight is 250 g/mol. The van der Waals surface area contributed by atoms with E-state index in [1.54, 1.807) is 0 Å². The van der Waals surface area contributed by atoms with Gasteiger partial charge in [-0.1, -0.05) is 0 Å². The Balaban J connectivity index is 2.84. The highest BCUT2D eigenvalue weighted by Crippen LogP contribution is 2.25. The molecule has 0 saturated heterocycles. The molecule has 0 saturated carbocycles. The van der Waals surface area contributed by atoms with E-state index in [2.05, 4.69) is 26.0 Å². The van der Waals surface area contributed by atoms with Gasteiger partial charge >= 0.3 is 5.97 Å². The number of ether oxygens (including phenoxy) is 1. The molecule has 0 fully saturated rings. The Bertz CT molecular complexity index is 267. The number of nitrogens with one attached hydrogen (secondary N) is 1. The summed E-state index contributed by atoms with van der Waals surface area (Å²) in [6, 6.07) is 0. The van der Waals surface area contributed by atoms with Gasteiger partial charge in [-0.2, -0.15) is 0 Å². The molecule has 13 heavy (non-hydrogen) atoms. The van der Waals surface area contributed by atoms with E-state index >= 15 is 0 Å². The second-order valence-electron chi connectivity index (χ2n) is 3.86. The van der Waals surface area contributed by atoms with Crippen molar-refractivity contribution in [3.8, 4) is 0 Å². The first-order chi connectivity index (χ1) is 5.81. The summed E-state index contributed by atoms with van der Waals surface area (Å²) in [4.78, 5) is 11.0. The quantitative estimate of drug-likeness (QED) is 0.677. The van der Waals surface area contributed by atoms with Crippen molar-refractivity contribution in [2.75, 3.05) is 0 Å². The predicted octanol–water partition coefficient (Wildman–Crippen LogP) is 0.856. The van der Waals surface area contributed by atoms with Crippen molar-refractivity contribution < 1.29 is 14.6 Å². The van der Waals surface area contributed by atoms with Crippen molar-refractivity contribution >= 4 is 21.9 Å². The summed E-state index contributed by atoms with van der Waals surface area (Å²) in [5.74, 6) is -0.542.